The van der Waals surface area contributed by atoms with Gasteiger partial charge < -0.3 is 5.11 Å². The number of aliphatic hydroxyl groups excluding tert-OH is 1. The van der Waals surface area contributed by atoms with E-state index in [4.69, 9.17) is 0 Å². The molecule has 0 aliphatic heterocycles. The first-order chi connectivity index (χ1) is 7.22. The molecule has 1 fully saturated rings. The summed E-state index contributed by atoms with van der Waals surface area (Å²) in [5.41, 5.74) is 0.468. The van der Waals surface area contributed by atoms with Crippen LogP contribution in [0.3, 0.4) is 0 Å². The average Bonchev–Trinajstić information content (AvgIpc) is 3.04. The van der Waals surface area contributed by atoms with E-state index in [1.807, 2.05) is 0 Å². The molecule has 1 saturated carbocycles. The zero-order valence-electron chi connectivity index (χ0n) is 8.74. The number of benzene rings is 1. The Bertz CT molecular complexity index is 349. The Morgan fingerprint density at radius 1 is 1.53 bits per heavy atom. The first-order valence-electron chi connectivity index (χ1n) is 5.32. The molecular weight excluding hydrogens is 211 g/mol. The van der Waals surface area contributed by atoms with Gasteiger partial charge in [0.2, 0.25) is 0 Å². The third-order valence-corrected chi connectivity index (χ3v) is 3.54. The zero-order chi connectivity index (χ0) is 10.8. The van der Waals surface area contributed by atoms with Crippen LogP contribution in [0.1, 0.15) is 31.4 Å². The Labute approximate surface area is 93.7 Å². The molecule has 3 heteroatoms. The number of rotatable bonds is 4. The maximum absolute atomic E-state index is 13.5. The Balaban J connectivity index is 2.23. The van der Waals surface area contributed by atoms with E-state index in [2.05, 4.69) is 6.92 Å². The van der Waals surface area contributed by atoms with Crippen LogP contribution in [0, 0.1) is 11.7 Å². The van der Waals surface area contributed by atoms with Crippen LogP contribution in [0.2, 0.25) is 0 Å². The fourth-order valence-corrected chi connectivity index (χ4v) is 2.38. The molecule has 0 radical (unpaired) electrons. The number of thioether (sulfide) groups is 1. The van der Waals surface area contributed by atoms with Gasteiger partial charge in [0, 0.05) is 10.5 Å². The third kappa shape index (κ3) is 2.52. The van der Waals surface area contributed by atoms with Gasteiger partial charge in [0.05, 0.1) is 6.10 Å². The zero-order valence-corrected chi connectivity index (χ0v) is 9.56. The molecule has 1 aliphatic rings. The SMILES string of the molecule is CCSc1ccc(F)c(C(O)C2CC2)c1. The lowest BCUT2D eigenvalue weighted by molar-refractivity contribution is 0.149. The first kappa shape index (κ1) is 11.0. The normalized spacial score (nSPS) is 17.8. The van der Waals surface area contributed by atoms with E-state index in [1.165, 1.54) is 6.07 Å². The van der Waals surface area contributed by atoms with Crippen molar-refractivity contribution in [3.05, 3.63) is 29.6 Å². The average molecular weight is 226 g/mol. The summed E-state index contributed by atoms with van der Waals surface area (Å²) in [5.74, 6) is 0.959. The Hall–Kier alpha value is -0.540. The van der Waals surface area contributed by atoms with Gasteiger partial charge in [0.25, 0.3) is 0 Å². The molecular formula is C12H15FOS. The Kier molecular flexibility index (Phi) is 3.32. The Morgan fingerprint density at radius 2 is 2.27 bits per heavy atom. The van der Waals surface area contributed by atoms with Crippen molar-refractivity contribution in [3.8, 4) is 0 Å². The highest BCUT2D eigenvalue weighted by Gasteiger charge is 2.32. The molecule has 0 saturated heterocycles. The molecule has 0 heterocycles. The van der Waals surface area contributed by atoms with E-state index >= 15 is 0 Å². The van der Waals surface area contributed by atoms with E-state index in [0.717, 1.165) is 23.5 Å². The van der Waals surface area contributed by atoms with Crippen LogP contribution in [0.15, 0.2) is 23.1 Å². The van der Waals surface area contributed by atoms with Crippen LogP contribution in [-0.4, -0.2) is 10.9 Å². The molecule has 2 rings (SSSR count). The van der Waals surface area contributed by atoms with Crippen molar-refractivity contribution in [2.24, 2.45) is 5.92 Å². The molecule has 1 aliphatic carbocycles. The van der Waals surface area contributed by atoms with Gasteiger partial charge >= 0.3 is 0 Å². The molecule has 0 aromatic heterocycles. The second-order valence-electron chi connectivity index (χ2n) is 3.90. The van der Waals surface area contributed by atoms with E-state index in [1.54, 1.807) is 23.9 Å². The van der Waals surface area contributed by atoms with Crippen molar-refractivity contribution >= 4 is 11.8 Å². The van der Waals surface area contributed by atoms with Crippen molar-refractivity contribution in [1.82, 2.24) is 0 Å². The van der Waals surface area contributed by atoms with Crippen LogP contribution in [0.25, 0.3) is 0 Å². The quantitative estimate of drug-likeness (QED) is 0.794. The van der Waals surface area contributed by atoms with Gasteiger partial charge in [-0.05, 0) is 42.7 Å². The van der Waals surface area contributed by atoms with Crippen molar-refractivity contribution in [3.63, 3.8) is 0 Å². The highest BCUT2D eigenvalue weighted by Crippen LogP contribution is 2.42. The molecule has 1 atom stereocenters. The molecule has 1 nitrogen and oxygen atoms in total. The second-order valence-corrected chi connectivity index (χ2v) is 5.24. The van der Waals surface area contributed by atoms with Gasteiger partial charge in [-0.3, -0.25) is 0 Å². The first-order valence-corrected chi connectivity index (χ1v) is 6.31. The molecule has 0 bridgehead atoms. The summed E-state index contributed by atoms with van der Waals surface area (Å²) in [6, 6.07) is 5.01. The molecule has 1 unspecified atom stereocenters. The predicted molar refractivity (Wildman–Crippen MR) is 60.5 cm³/mol. The summed E-state index contributed by atoms with van der Waals surface area (Å²) < 4.78 is 13.5. The largest absolute Gasteiger partial charge is 0.388 e. The second kappa shape index (κ2) is 4.54. The van der Waals surface area contributed by atoms with Crippen molar-refractivity contribution in [2.45, 2.75) is 30.8 Å². The number of halogens is 1. The lowest BCUT2D eigenvalue weighted by Gasteiger charge is -2.12. The van der Waals surface area contributed by atoms with Gasteiger partial charge in [-0.25, -0.2) is 4.39 Å². The molecule has 1 aromatic rings. The Morgan fingerprint density at radius 3 is 2.87 bits per heavy atom. The van der Waals surface area contributed by atoms with Gasteiger partial charge in [-0.1, -0.05) is 6.92 Å². The maximum Gasteiger partial charge on any atom is 0.129 e. The third-order valence-electron chi connectivity index (χ3n) is 2.67. The fraction of sp³-hybridized carbons (Fsp3) is 0.500. The van der Waals surface area contributed by atoms with Crippen LogP contribution in [-0.2, 0) is 0 Å². The van der Waals surface area contributed by atoms with Crippen molar-refractivity contribution in [1.29, 1.82) is 0 Å². The molecule has 1 aromatic carbocycles. The molecule has 15 heavy (non-hydrogen) atoms. The van der Waals surface area contributed by atoms with E-state index in [0.29, 0.717) is 5.56 Å². The summed E-state index contributed by atoms with van der Waals surface area (Å²) in [4.78, 5) is 1.04. The fourth-order valence-electron chi connectivity index (χ4n) is 1.67. The molecule has 0 amide bonds. The van der Waals surface area contributed by atoms with Gasteiger partial charge in [0.15, 0.2) is 0 Å². The minimum Gasteiger partial charge on any atom is -0.388 e. The monoisotopic (exact) mass is 226 g/mol. The summed E-state index contributed by atoms with van der Waals surface area (Å²) in [7, 11) is 0. The van der Waals surface area contributed by atoms with Crippen molar-refractivity contribution in [2.75, 3.05) is 5.75 Å². The summed E-state index contributed by atoms with van der Waals surface area (Å²) in [6.45, 7) is 2.06. The van der Waals surface area contributed by atoms with E-state index in [9.17, 15) is 9.50 Å². The standard InChI is InChI=1S/C12H15FOS/c1-2-15-9-5-6-11(13)10(7-9)12(14)8-3-4-8/h5-8,12,14H,2-4H2,1H3. The molecule has 0 spiro atoms. The van der Waals surface area contributed by atoms with Gasteiger partial charge in [-0.15, -0.1) is 11.8 Å². The lowest BCUT2D eigenvalue weighted by atomic mass is 10.1. The van der Waals surface area contributed by atoms with Crippen LogP contribution < -0.4 is 0 Å². The minimum absolute atomic E-state index is 0.279. The van der Waals surface area contributed by atoms with Gasteiger partial charge in [-0.2, -0.15) is 0 Å². The smallest absolute Gasteiger partial charge is 0.129 e. The highest BCUT2D eigenvalue weighted by atomic mass is 32.2. The number of hydrogen-bond acceptors (Lipinski definition) is 2. The minimum atomic E-state index is -0.609. The van der Waals surface area contributed by atoms with E-state index < -0.39 is 6.10 Å². The van der Waals surface area contributed by atoms with Crippen LogP contribution in [0.5, 0.6) is 0 Å². The van der Waals surface area contributed by atoms with Crippen LogP contribution >= 0.6 is 11.8 Å². The molecule has 82 valence electrons. The molecule has 1 N–H and O–H groups in total. The highest BCUT2D eigenvalue weighted by molar-refractivity contribution is 7.99. The lowest BCUT2D eigenvalue weighted by Crippen LogP contribution is -2.02. The topological polar surface area (TPSA) is 20.2 Å². The van der Waals surface area contributed by atoms with E-state index in [-0.39, 0.29) is 11.7 Å². The number of hydrogen-bond donors (Lipinski definition) is 1. The summed E-state index contributed by atoms with van der Waals surface area (Å²) in [6.07, 6.45) is 1.43. The summed E-state index contributed by atoms with van der Waals surface area (Å²) >= 11 is 1.67. The number of aliphatic hydroxyl groups is 1. The summed E-state index contributed by atoms with van der Waals surface area (Å²) in [5, 5.41) is 9.88. The van der Waals surface area contributed by atoms with Crippen molar-refractivity contribution < 1.29 is 9.50 Å². The van der Waals surface area contributed by atoms with Gasteiger partial charge in [0.1, 0.15) is 5.82 Å². The maximum atomic E-state index is 13.5. The van der Waals surface area contributed by atoms with Crippen LogP contribution in [0.4, 0.5) is 4.39 Å². The predicted octanol–water partition coefficient (Wildman–Crippen LogP) is 3.38.